The number of nitrogens with one attached hydrogen (secondary N) is 2. The number of unbranched alkanes of at least 4 members (excludes halogenated alkanes) is 2. The van der Waals surface area contributed by atoms with E-state index in [-0.39, 0.29) is 111 Å². The molecule has 0 aromatic rings. The first-order chi connectivity index (χ1) is 27.5. The molecule has 0 saturated carbocycles. The second-order valence-corrected chi connectivity index (χ2v) is 15.1. The number of aliphatic hydroxyl groups excluding tert-OH is 2. The van der Waals surface area contributed by atoms with Crippen LogP contribution in [0, 0.1) is 23.7 Å². The van der Waals surface area contributed by atoms with Crippen molar-refractivity contribution in [1.82, 2.24) is 10.6 Å². The zero-order valence-corrected chi connectivity index (χ0v) is 39.0. The van der Waals surface area contributed by atoms with Gasteiger partial charge in [-0.2, -0.15) is 0 Å². The van der Waals surface area contributed by atoms with Crippen molar-refractivity contribution in [2.24, 2.45) is 23.7 Å². The smallest absolute Gasteiger partial charge is 0.550 e. The van der Waals surface area contributed by atoms with Gasteiger partial charge in [0, 0.05) is 24.7 Å². The standard InChI is InChI=1S/2C21H38N2O6.Ca/c2*1-4-7-8-9-10-19(25)22-11-12-23(13-14-24,15-17(5-2)20(26)27)16-18(6-3)21(28)29;/h2*4,7,17-18,24H,5-6,8-16H2,1-3H3,(H2-,22,25,26,27,28,29);/q;;+2/b2*7-4+;. The number of quaternary nitrogens is 2. The van der Waals surface area contributed by atoms with E-state index >= 15 is 0 Å². The Morgan fingerprint density at radius 2 is 0.864 bits per heavy atom. The summed E-state index contributed by atoms with van der Waals surface area (Å²) in [5.74, 6) is -7.22. The van der Waals surface area contributed by atoms with Gasteiger partial charge in [0.1, 0.15) is 24.9 Å². The van der Waals surface area contributed by atoms with E-state index in [1.54, 1.807) is 27.7 Å². The van der Waals surface area contributed by atoms with Crippen molar-refractivity contribution in [1.29, 1.82) is 0 Å². The first-order valence-electron chi connectivity index (χ1n) is 21.0. The first-order valence-corrected chi connectivity index (χ1v) is 21.0. The maximum absolute atomic E-state index is 12.0. The summed E-state index contributed by atoms with van der Waals surface area (Å²) in [4.78, 5) is 70.2. The monoisotopic (exact) mass is 869 g/mol. The molecule has 0 fully saturated rings. The van der Waals surface area contributed by atoms with Crippen LogP contribution in [0.25, 0.3) is 0 Å². The third-order valence-electron chi connectivity index (χ3n) is 10.8. The summed E-state index contributed by atoms with van der Waals surface area (Å²) in [5, 5.41) is 66.8. The molecule has 59 heavy (non-hydrogen) atoms. The molecule has 0 saturated heterocycles. The minimum Gasteiger partial charge on any atom is -0.550 e. The fraction of sp³-hybridized carbons (Fsp3) is 0.762. The quantitative estimate of drug-likeness (QED) is 0.0227. The summed E-state index contributed by atoms with van der Waals surface area (Å²) < 4.78 is 0.235. The SMILES string of the molecule is C/C=C/CCCC(=O)NCC[N+](CCO)(CC(CC)C(=O)[O-])CC(CC)C(=O)O.C/C=C/CCCC(=O)NCC[N+](CCO)(CC(CC)C(=O)[O-])CC(CC)C(=O)O.[Ca+2]. The number of rotatable bonds is 34. The molecule has 0 radical (unpaired) electrons. The van der Waals surface area contributed by atoms with E-state index in [0.29, 0.717) is 64.7 Å². The van der Waals surface area contributed by atoms with Crippen LogP contribution < -0.4 is 20.8 Å². The normalized spacial score (nSPS) is 15.3. The zero-order valence-electron chi connectivity index (χ0n) is 36.8. The van der Waals surface area contributed by atoms with Crippen LogP contribution in [-0.2, 0) is 28.8 Å². The molecule has 0 aliphatic carbocycles. The number of carbonyl (C=O) groups excluding carboxylic acids is 4. The molecule has 0 rings (SSSR count). The van der Waals surface area contributed by atoms with Crippen molar-refractivity contribution < 1.29 is 68.4 Å². The van der Waals surface area contributed by atoms with Gasteiger partial charge in [-0.1, -0.05) is 52.0 Å². The predicted octanol–water partition coefficient (Wildman–Crippen LogP) is 0.709. The van der Waals surface area contributed by atoms with E-state index in [1.165, 1.54) is 0 Å². The average molecular weight is 869 g/mol. The number of hydrogen-bond acceptors (Lipinski definition) is 10. The molecule has 0 bridgehead atoms. The molecule has 17 heteroatoms. The summed E-state index contributed by atoms with van der Waals surface area (Å²) in [6.45, 7) is 13.0. The maximum Gasteiger partial charge on any atom is 2.00 e. The van der Waals surface area contributed by atoms with Crippen molar-refractivity contribution in [2.75, 3.05) is 78.7 Å². The second-order valence-electron chi connectivity index (χ2n) is 15.1. The summed E-state index contributed by atoms with van der Waals surface area (Å²) >= 11 is 0. The molecule has 336 valence electrons. The molecular weight excluding hydrogens is 793 g/mol. The number of allylic oxidation sites excluding steroid dienone is 4. The molecule has 0 spiro atoms. The molecule has 6 unspecified atom stereocenters. The van der Waals surface area contributed by atoms with Crippen molar-refractivity contribution >= 4 is 73.4 Å². The van der Waals surface area contributed by atoms with E-state index in [9.17, 15) is 59.4 Å². The Hall–Kier alpha value is -2.60. The van der Waals surface area contributed by atoms with Crippen LogP contribution in [0.5, 0.6) is 0 Å². The van der Waals surface area contributed by atoms with Crippen molar-refractivity contribution in [3.63, 3.8) is 0 Å². The average Bonchev–Trinajstić information content (AvgIpc) is 3.17. The van der Waals surface area contributed by atoms with Crippen LogP contribution in [-0.4, -0.2) is 181 Å². The first kappa shape index (κ1) is 60.7. The molecule has 2 amide bonds. The number of carbonyl (C=O) groups is 6. The summed E-state index contributed by atoms with van der Waals surface area (Å²) in [5.41, 5.74) is 0. The zero-order chi connectivity index (χ0) is 44.6. The number of nitrogens with zero attached hydrogens (tertiary/aromatic N) is 2. The Balaban J connectivity index is -0.00000105. The molecule has 16 nitrogen and oxygen atoms in total. The number of carboxylic acid groups (broad SMARTS) is 4. The van der Waals surface area contributed by atoms with E-state index in [1.807, 2.05) is 38.2 Å². The molecule has 0 heterocycles. The van der Waals surface area contributed by atoms with Crippen LogP contribution in [0.3, 0.4) is 0 Å². The number of carboxylic acids is 4. The molecule has 6 atom stereocenters. The van der Waals surface area contributed by atoms with Gasteiger partial charge in [-0.3, -0.25) is 19.2 Å². The largest absolute Gasteiger partial charge is 2.00 e. The van der Waals surface area contributed by atoms with E-state index in [0.717, 1.165) is 25.7 Å². The van der Waals surface area contributed by atoms with Crippen LogP contribution in [0.2, 0.25) is 0 Å². The summed E-state index contributed by atoms with van der Waals surface area (Å²) in [6.07, 6.45) is 13.3. The molecule has 6 N–H and O–H groups in total. The molecule has 0 aromatic carbocycles. The van der Waals surface area contributed by atoms with E-state index in [4.69, 9.17) is 0 Å². The third kappa shape index (κ3) is 27.8. The Morgan fingerprint density at radius 3 is 1.10 bits per heavy atom. The Labute approximate surface area is 382 Å². The van der Waals surface area contributed by atoms with Crippen LogP contribution in [0.4, 0.5) is 0 Å². The van der Waals surface area contributed by atoms with Gasteiger partial charge >= 0.3 is 49.7 Å². The number of aliphatic hydroxyl groups is 2. The van der Waals surface area contributed by atoms with Gasteiger partial charge in [0.05, 0.1) is 77.5 Å². The molecular formula is C42H76CaN4O12+2. The van der Waals surface area contributed by atoms with Crippen LogP contribution in [0.1, 0.15) is 106 Å². The van der Waals surface area contributed by atoms with E-state index < -0.39 is 47.5 Å². The molecule has 0 aliphatic heterocycles. The van der Waals surface area contributed by atoms with Gasteiger partial charge in [-0.05, 0) is 65.2 Å². The number of amides is 2. The second kappa shape index (κ2) is 36.1. The topological polar surface area (TPSA) is 254 Å². The summed E-state index contributed by atoms with van der Waals surface area (Å²) in [7, 11) is 0. The van der Waals surface area contributed by atoms with E-state index in [2.05, 4.69) is 10.6 Å². The van der Waals surface area contributed by atoms with Gasteiger partial charge in [0.15, 0.2) is 0 Å². The Morgan fingerprint density at radius 1 is 0.559 bits per heavy atom. The Bertz CT molecular complexity index is 1120. The Kier molecular flexibility index (Phi) is 37.1. The van der Waals surface area contributed by atoms with Gasteiger partial charge in [-0.25, -0.2) is 0 Å². The van der Waals surface area contributed by atoms with Crippen molar-refractivity contribution in [3.8, 4) is 0 Å². The summed E-state index contributed by atoms with van der Waals surface area (Å²) in [6, 6.07) is 0. The minimum absolute atomic E-state index is 0. The predicted molar refractivity (Wildman–Crippen MR) is 223 cm³/mol. The fourth-order valence-corrected chi connectivity index (χ4v) is 7.04. The van der Waals surface area contributed by atoms with Gasteiger partial charge in [0.2, 0.25) is 11.8 Å². The minimum atomic E-state index is -1.18. The van der Waals surface area contributed by atoms with Crippen molar-refractivity contribution in [2.45, 2.75) is 106 Å². The maximum atomic E-state index is 12.0. The van der Waals surface area contributed by atoms with Gasteiger partial charge in [0.25, 0.3) is 0 Å². The third-order valence-corrected chi connectivity index (χ3v) is 10.8. The van der Waals surface area contributed by atoms with Gasteiger partial charge in [-0.15, -0.1) is 0 Å². The van der Waals surface area contributed by atoms with Crippen LogP contribution >= 0.6 is 0 Å². The number of hydrogen-bond donors (Lipinski definition) is 6. The molecule has 0 aromatic heterocycles. The van der Waals surface area contributed by atoms with Crippen LogP contribution in [0.15, 0.2) is 24.3 Å². The molecule has 0 aliphatic rings. The fourth-order valence-electron chi connectivity index (χ4n) is 7.04. The van der Waals surface area contributed by atoms with Crippen molar-refractivity contribution in [3.05, 3.63) is 24.3 Å². The van der Waals surface area contributed by atoms with Gasteiger partial charge < -0.3 is 59.8 Å². The number of aliphatic carboxylic acids is 4.